The van der Waals surface area contributed by atoms with Gasteiger partial charge in [-0.15, -0.1) is 0 Å². The molecule has 0 spiro atoms. The van der Waals surface area contributed by atoms with E-state index in [-0.39, 0.29) is 11.5 Å². The highest BCUT2D eigenvalue weighted by Crippen LogP contribution is 2.29. The fourth-order valence-corrected chi connectivity index (χ4v) is 4.12. The van der Waals surface area contributed by atoms with Crippen LogP contribution < -0.4 is 10.2 Å². The molecule has 0 saturated carbocycles. The summed E-state index contributed by atoms with van der Waals surface area (Å²) in [4.78, 5) is 42.8. The van der Waals surface area contributed by atoms with Crippen LogP contribution in [0.1, 0.15) is 34.6 Å². The third kappa shape index (κ3) is 6.03. The lowest BCUT2D eigenvalue weighted by atomic mass is 10.1. The number of amides is 2. The Morgan fingerprint density at radius 1 is 1.03 bits per heavy atom. The minimum atomic E-state index is -1.07. The maximum atomic E-state index is 12.8. The molecule has 2 amide bonds. The van der Waals surface area contributed by atoms with E-state index in [1.165, 1.54) is 12.1 Å². The predicted molar refractivity (Wildman–Crippen MR) is 129 cm³/mol. The molecule has 0 radical (unpaired) electrons. The summed E-state index contributed by atoms with van der Waals surface area (Å²) >= 11 is 6.15. The van der Waals surface area contributed by atoms with E-state index in [0.717, 1.165) is 5.69 Å². The molecule has 3 rings (SSSR count). The summed E-state index contributed by atoms with van der Waals surface area (Å²) in [5, 5.41) is 12.6. The molecule has 0 aliphatic carbocycles. The molecule has 1 aliphatic heterocycles. The van der Waals surface area contributed by atoms with Gasteiger partial charge in [-0.25, -0.2) is 4.79 Å². The molecule has 176 valence electrons. The van der Waals surface area contributed by atoms with Gasteiger partial charge in [-0.3, -0.25) is 14.5 Å². The number of benzene rings is 2. The lowest BCUT2D eigenvalue weighted by molar-refractivity contribution is -0.132. The monoisotopic (exact) mass is 472 g/mol. The van der Waals surface area contributed by atoms with Crippen LogP contribution in [0.4, 0.5) is 11.4 Å². The second-order valence-corrected chi connectivity index (χ2v) is 8.21. The molecule has 2 N–H and O–H groups in total. The number of likely N-dealkylation sites (N-methyl/N-ethyl adjacent to an activating group) is 1. The van der Waals surface area contributed by atoms with Crippen molar-refractivity contribution in [2.75, 3.05) is 56.0 Å². The Balaban J connectivity index is 1.75. The first-order chi connectivity index (χ1) is 15.8. The second-order valence-electron chi connectivity index (χ2n) is 7.80. The normalized spacial score (nSPS) is 14.1. The van der Waals surface area contributed by atoms with Gasteiger partial charge < -0.3 is 20.2 Å². The average molecular weight is 473 g/mol. The number of hydrogen-bond donors (Lipinski definition) is 2. The number of nitrogens with one attached hydrogen (secondary N) is 1. The molecule has 0 unspecified atom stereocenters. The number of carboxylic acids is 1. The van der Waals surface area contributed by atoms with Crippen LogP contribution in [-0.4, -0.2) is 78.5 Å². The first-order valence-electron chi connectivity index (χ1n) is 11.0. The summed E-state index contributed by atoms with van der Waals surface area (Å²) in [6, 6.07) is 11.4. The zero-order valence-corrected chi connectivity index (χ0v) is 19.6. The standard InChI is InChI=1S/C24H29ClN4O4/c1-3-28(4-2)22(30)16-27-11-13-29(14-12-27)21-10-9-17(24(32)33)15-20(21)26-23(31)18-7-5-6-8-19(18)25/h5-10,15H,3-4,11-14,16H2,1-2H3,(H,26,31)(H,32,33). The summed E-state index contributed by atoms with van der Waals surface area (Å²) in [5.41, 5.74) is 1.53. The van der Waals surface area contributed by atoms with Crippen LogP contribution in [-0.2, 0) is 4.79 Å². The predicted octanol–water partition coefficient (Wildman–Crippen LogP) is 3.28. The molecule has 1 fully saturated rings. The molecule has 1 saturated heterocycles. The Hall–Kier alpha value is -3.10. The van der Waals surface area contributed by atoms with Crippen LogP contribution in [0.5, 0.6) is 0 Å². The molecule has 8 nitrogen and oxygen atoms in total. The number of hydrogen-bond acceptors (Lipinski definition) is 5. The Morgan fingerprint density at radius 2 is 1.70 bits per heavy atom. The van der Waals surface area contributed by atoms with E-state index in [1.54, 1.807) is 30.3 Å². The molecule has 0 aromatic heterocycles. The zero-order valence-electron chi connectivity index (χ0n) is 18.9. The summed E-state index contributed by atoms with van der Waals surface area (Å²) < 4.78 is 0. The van der Waals surface area contributed by atoms with Gasteiger partial charge in [-0.2, -0.15) is 0 Å². The van der Waals surface area contributed by atoms with E-state index in [4.69, 9.17) is 11.6 Å². The smallest absolute Gasteiger partial charge is 0.335 e. The van der Waals surface area contributed by atoms with E-state index in [2.05, 4.69) is 15.1 Å². The van der Waals surface area contributed by atoms with Crippen LogP contribution >= 0.6 is 11.6 Å². The van der Waals surface area contributed by atoms with Crippen LogP contribution in [0.15, 0.2) is 42.5 Å². The molecule has 0 bridgehead atoms. The molecule has 9 heteroatoms. The zero-order chi connectivity index (χ0) is 24.0. The topological polar surface area (TPSA) is 93.2 Å². The van der Waals surface area contributed by atoms with Gasteiger partial charge in [0.1, 0.15) is 0 Å². The lowest BCUT2D eigenvalue weighted by Gasteiger charge is -2.37. The maximum Gasteiger partial charge on any atom is 0.335 e. The molecule has 2 aromatic carbocycles. The Bertz CT molecular complexity index is 1020. The van der Waals surface area contributed by atoms with Crippen molar-refractivity contribution in [3.05, 3.63) is 58.6 Å². The summed E-state index contributed by atoms with van der Waals surface area (Å²) in [6.07, 6.45) is 0. The van der Waals surface area contributed by atoms with Gasteiger partial charge in [0.2, 0.25) is 5.91 Å². The van der Waals surface area contributed by atoms with Gasteiger partial charge in [0, 0.05) is 39.3 Å². The van der Waals surface area contributed by atoms with Crippen molar-refractivity contribution in [1.29, 1.82) is 0 Å². The van der Waals surface area contributed by atoms with Crippen LogP contribution in [0.3, 0.4) is 0 Å². The Labute approximate surface area is 198 Å². The molecule has 2 aromatic rings. The van der Waals surface area contributed by atoms with E-state index in [0.29, 0.717) is 62.1 Å². The number of halogens is 1. The molecule has 33 heavy (non-hydrogen) atoms. The highest BCUT2D eigenvalue weighted by molar-refractivity contribution is 6.34. The molecule has 1 heterocycles. The van der Waals surface area contributed by atoms with Gasteiger partial charge in [0.15, 0.2) is 0 Å². The van der Waals surface area contributed by atoms with Crippen molar-refractivity contribution >= 4 is 40.8 Å². The molecule has 0 atom stereocenters. The van der Waals surface area contributed by atoms with E-state index >= 15 is 0 Å². The van der Waals surface area contributed by atoms with Crippen molar-refractivity contribution in [2.45, 2.75) is 13.8 Å². The molecular weight excluding hydrogens is 444 g/mol. The van der Waals surface area contributed by atoms with Crippen molar-refractivity contribution < 1.29 is 19.5 Å². The summed E-state index contributed by atoms with van der Waals surface area (Å²) in [6.45, 7) is 8.37. The average Bonchev–Trinajstić information content (AvgIpc) is 2.80. The van der Waals surface area contributed by atoms with Gasteiger partial charge in [0.25, 0.3) is 5.91 Å². The van der Waals surface area contributed by atoms with Crippen LogP contribution in [0.2, 0.25) is 5.02 Å². The van der Waals surface area contributed by atoms with Crippen molar-refractivity contribution in [1.82, 2.24) is 9.80 Å². The van der Waals surface area contributed by atoms with Gasteiger partial charge in [-0.05, 0) is 44.2 Å². The van der Waals surface area contributed by atoms with E-state index < -0.39 is 11.9 Å². The summed E-state index contributed by atoms with van der Waals surface area (Å²) in [7, 11) is 0. The number of nitrogens with zero attached hydrogens (tertiary/aromatic N) is 3. The third-order valence-electron chi connectivity index (χ3n) is 5.80. The van der Waals surface area contributed by atoms with Gasteiger partial charge in [-0.1, -0.05) is 23.7 Å². The number of carboxylic acid groups (broad SMARTS) is 1. The number of carbonyl (C=O) groups is 3. The minimum Gasteiger partial charge on any atom is -0.478 e. The van der Waals surface area contributed by atoms with Crippen LogP contribution in [0.25, 0.3) is 0 Å². The highest BCUT2D eigenvalue weighted by atomic mass is 35.5. The first kappa shape index (κ1) is 24.5. The second kappa shape index (κ2) is 11.2. The first-order valence-corrected chi connectivity index (χ1v) is 11.4. The fraction of sp³-hybridized carbons (Fsp3) is 0.375. The third-order valence-corrected chi connectivity index (χ3v) is 6.13. The number of carbonyl (C=O) groups excluding carboxylic acids is 2. The quantitative estimate of drug-likeness (QED) is 0.612. The molecular formula is C24H29ClN4O4. The van der Waals surface area contributed by atoms with Gasteiger partial charge in [0.05, 0.1) is 34.1 Å². The van der Waals surface area contributed by atoms with Crippen LogP contribution in [0, 0.1) is 0 Å². The largest absolute Gasteiger partial charge is 0.478 e. The highest BCUT2D eigenvalue weighted by Gasteiger charge is 2.24. The Morgan fingerprint density at radius 3 is 2.30 bits per heavy atom. The summed E-state index contributed by atoms with van der Waals surface area (Å²) in [5.74, 6) is -1.37. The number of anilines is 2. The Kier molecular flexibility index (Phi) is 8.30. The van der Waals surface area contributed by atoms with Gasteiger partial charge >= 0.3 is 5.97 Å². The molecule has 1 aliphatic rings. The van der Waals surface area contributed by atoms with E-state index in [1.807, 2.05) is 18.7 Å². The maximum absolute atomic E-state index is 12.8. The fourth-order valence-electron chi connectivity index (χ4n) is 3.89. The van der Waals surface area contributed by atoms with Crippen molar-refractivity contribution in [3.8, 4) is 0 Å². The van der Waals surface area contributed by atoms with Crippen molar-refractivity contribution in [3.63, 3.8) is 0 Å². The SMILES string of the molecule is CCN(CC)C(=O)CN1CCN(c2ccc(C(=O)O)cc2NC(=O)c2ccccc2Cl)CC1. The number of aromatic carboxylic acids is 1. The number of rotatable bonds is 8. The lowest BCUT2D eigenvalue weighted by Crippen LogP contribution is -2.50. The minimum absolute atomic E-state index is 0.0802. The van der Waals surface area contributed by atoms with Crippen molar-refractivity contribution in [2.24, 2.45) is 0 Å². The number of piperazine rings is 1. The van der Waals surface area contributed by atoms with E-state index in [9.17, 15) is 19.5 Å².